The molecule has 1 fully saturated rings. The van der Waals surface area contributed by atoms with Crippen LogP contribution >= 0.6 is 0 Å². The number of hydrogen-bond donors (Lipinski definition) is 1. The zero-order valence-electron chi connectivity index (χ0n) is 16.2. The Morgan fingerprint density at radius 1 is 1.22 bits per heavy atom. The van der Waals surface area contributed by atoms with Gasteiger partial charge in [0.05, 0.1) is 11.8 Å². The maximum absolute atomic E-state index is 12.5. The summed E-state index contributed by atoms with van der Waals surface area (Å²) < 4.78 is 0. The van der Waals surface area contributed by atoms with Crippen molar-refractivity contribution >= 4 is 5.91 Å². The second-order valence-electron chi connectivity index (χ2n) is 7.78. The normalized spacial score (nSPS) is 19.6. The Morgan fingerprint density at radius 2 is 2.00 bits per heavy atom. The van der Waals surface area contributed by atoms with Crippen molar-refractivity contribution in [3.63, 3.8) is 0 Å². The highest BCUT2D eigenvalue weighted by Crippen LogP contribution is 2.22. The lowest BCUT2D eigenvalue weighted by molar-refractivity contribution is -0.130. The largest absolute Gasteiger partial charge is 0.391 e. The molecule has 0 radical (unpaired) electrons. The van der Waals surface area contributed by atoms with Gasteiger partial charge >= 0.3 is 0 Å². The first-order valence-electron chi connectivity index (χ1n) is 9.82. The molecular weight excluding hydrogens is 338 g/mol. The summed E-state index contributed by atoms with van der Waals surface area (Å²) in [5, 5.41) is 10.3. The standard InChI is InChI=1S/C22H29N3O2/c1-16(2)18-8-6-17(7-9-18)4-3-5-22(27)25-14-19(21(26)15-25)12-20-13-23-10-11-24-20/h6-11,13,16,19,21,26H,3-5,12,14-15H2,1-2H3. The molecule has 2 heterocycles. The Morgan fingerprint density at radius 3 is 2.67 bits per heavy atom. The Hall–Kier alpha value is -2.27. The molecule has 1 aliphatic heterocycles. The fourth-order valence-electron chi connectivity index (χ4n) is 3.63. The van der Waals surface area contributed by atoms with Gasteiger partial charge in [0.25, 0.3) is 0 Å². The molecule has 3 rings (SSSR count). The van der Waals surface area contributed by atoms with Crippen molar-refractivity contribution in [1.82, 2.24) is 14.9 Å². The zero-order chi connectivity index (χ0) is 19.2. The summed E-state index contributed by atoms with van der Waals surface area (Å²) in [5.41, 5.74) is 3.48. The van der Waals surface area contributed by atoms with Gasteiger partial charge in [-0.05, 0) is 36.3 Å². The van der Waals surface area contributed by atoms with E-state index in [0.717, 1.165) is 18.5 Å². The minimum absolute atomic E-state index is 0.0363. The lowest BCUT2D eigenvalue weighted by atomic mass is 10.00. The van der Waals surface area contributed by atoms with Crippen molar-refractivity contribution in [2.45, 2.75) is 51.6 Å². The molecule has 1 aliphatic rings. The molecule has 0 spiro atoms. The SMILES string of the molecule is CC(C)c1ccc(CCCC(=O)N2CC(O)C(Cc3cnccn3)C2)cc1. The van der Waals surface area contributed by atoms with Crippen LogP contribution in [0.1, 0.15) is 49.4 Å². The smallest absolute Gasteiger partial charge is 0.222 e. The second-order valence-corrected chi connectivity index (χ2v) is 7.78. The Balaban J connectivity index is 1.44. The minimum Gasteiger partial charge on any atom is -0.391 e. The lowest BCUT2D eigenvalue weighted by Crippen LogP contribution is -2.29. The average molecular weight is 367 g/mol. The van der Waals surface area contributed by atoms with E-state index >= 15 is 0 Å². The monoisotopic (exact) mass is 367 g/mol. The maximum atomic E-state index is 12.5. The molecule has 1 amide bonds. The number of β-amino-alcohol motifs (C(OH)–C–C–N with tert-alkyl or cyclic N) is 1. The number of aliphatic hydroxyl groups excluding tert-OH is 1. The number of carbonyl (C=O) groups excluding carboxylic acids is 1. The third kappa shape index (κ3) is 5.36. The van der Waals surface area contributed by atoms with E-state index < -0.39 is 6.10 Å². The molecule has 0 bridgehead atoms. The summed E-state index contributed by atoms with van der Waals surface area (Å²) in [4.78, 5) is 22.6. The molecule has 5 heteroatoms. The summed E-state index contributed by atoms with van der Waals surface area (Å²) in [6.07, 6.45) is 7.46. The van der Waals surface area contributed by atoms with E-state index in [0.29, 0.717) is 31.8 Å². The Kier molecular flexibility index (Phi) is 6.56. The van der Waals surface area contributed by atoms with Gasteiger partial charge in [-0.15, -0.1) is 0 Å². The highest BCUT2D eigenvalue weighted by atomic mass is 16.3. The van der Waals surface area contributed by atoms with Gasteiger partial charge in [0.15, 0.2) is 0 Å². The first-order valence-corrected chi connectivity index (χ1v) is 9.82. The first-order chi connectivity index (χ1) is 13.0. The van der Waals surface area contributed by atoms with Crippen LogP contribution in [0.4, 0.5) is 0 Å². The summed E-state index contributed by atoms with van der Waals surface area (Å²) in [5.74, 6) is 0.709. The highest BCUT2D eigenvalue weighted by Gasteiger charge is 2.33. The van der Waals surface area contributed by atoms with Crippen molar-refractivity contribution in [3.05, 3.63) is 59.7 Å². The molecule has 2 unspecified atom stereocenters. The fourth-order valence-corrected chi connectivity index (χ4v) is 3.63. The van der Waals surface area contributed by atoms with Crippen LogP contribution < -0.4 is 0 Å². The molecule has 0 saturated carbocycles. The van der Waals surface area contributed by atoms with Crippen LogP contribution in [0, 0.1) is 5.92 Å². The molecule has 144 valence electrons. The number of carbonyl (C=O) groups is 1. The van der Waals surface area contributed by atoms with E-state index in [1.165, 1.54) is 11.1 Å². The quantitative estimate of drug-likeness (QED) is 0.817. The molecule has 2 atom stereocenters. The molecule has 1 aromatic heterocycles. The number of nitrogens with zero attached hydrogens (tertiary/aromatic N) is 3. The zero-order valence-corrected chi connectivity index (χ0v) is 16.2. The van der Waals surface area contributed by atoms with Crippen LogP contribution in [0.5, 0.6) is 0 Å². The van der Waals surface area contributed by atoms with Crippen molar-refractivity contribution in [1.29, 1.82) is 0 Å². The lowest BCUT2D eigenvalue weighted by Gasteiger charge is -2.16. The molecule has 1 aromatic carbocycles. The van der Waals surface area contributed by atoms with E-state index in [1.54, 1.807) is 23.5 Å². The predicted octanol–water partition coefficient (Wildman–Crippen LogP) is 2.98. The number of aliphatic hydroxyl groups is 1. The molecule has 5 nitrogen and oxygen atoms in total. The molecular formula is C22H29N3O2. The molecule has 0 aliphatic carbocycles. The topological polar surface area (TPSA) is 66.3 Å². The van der Waals surface area contributed by atoms with Crippen LogP contribution in [0.2, 0.25) is 0 Å². The summed E-state index contributed by atoms with van der Waals surface area (Å²) >= 11 is 0. The van der Waals surface area contributed by atoms with Crippen LogP contribution in [0.15, 0.2) is 42.9 Å². The van der Waals surface area contributed by atoms with E-state index in [1.807, 2.05) is 0 Å². The van der Waals surface area contributed by atoms with Gasteiger partial charge < -0.3 is 10.0 Å². The van der Waals surface area contributed by atoms with Gasteiger partial charge in [-0.2, -0.15) is 0 Å². The van der Waals surface area contributed by atoms with Gasteiger partial charge in [0.1, 0.15) is 0 Å². The summed E-state index contributed by atoms with van der Waals surface area (Å²) in [7, 11) is 0. The third-order valence-corrected chi connectivity index (χ3v) is 5.35. The van der Waals surface area contributed by atoms with Crippen molar-refractivity contribution in [2.75, 3.05) is 13.1 Å². The Labute approximate surface area is 161 Å². The molecule has 27 heavy (non-hydrogen) atoms. The van der Waals surface area contributed by atoms with Gasteiger partial charge in [-0.25, -0.2) is 0 Å². The number of aromatic nitrogens is 2. The van der Waals surface area contributed by atoms with Gasteiger partial charge in [0.2, 0.25) is 5.91 Å². The molecule has 1 saturated heterocycles. The Bertz CT molecular complexity index is 731. The van der Waals surface area contributed by atoms with Gasteiger partial charge in [-0.3, -0.25) is 14.8 Å². The number of aryl methyl sites for hydroxylation is 1. The third-order valence-electron chi connectivity index (χ3n) is 5.35. The second kappa shape index (κ2) is 9.09. The first kappa shape index (κ1) is 19.5. The fraction of sp³-hybridized carbons (Fsp3) is 0.500. The van der Waals surface area contributed by atoms with E-state index in [-0.39, 0.29) is 11.8 Å². The van der Waals surface area contributed by atoms with Crippen LogP contribution in [0.3, 0.4) is 0 Å². The van der Waals surface area contributed by atoms with E-state index in [2.05, 4.69) is 48.1 Å². The van der Waals surface area contributed by atoms with E-state index in [4.69, 9.17) is 0 Å². The van der Waals surface area contributed by atoms with Gasteiger partial charge in [0, 0.05) is 44.0 Å². The minimum atomic E-state index is -0.487. The summed E-state index contributed by atoms with van der Waals surface area (Å²) in [6.45, 7) is 5.40. The maximum Gasteiger partial charge on any atom is 0.222 e. The highest BCUT2D eigenvalue weighted by molar-refractivity contribution is 5.76. The predicted molar refractivity (Wildman–Crippen MR) is 105 cm³/mol. The number of benzene rings is 1. The van der Waals surface area contributed by atoms with Crippen molar-refractivity contribution < 1.29 is 9.90 Å². The van der Waals surface area contributed by atoms with Crippen LogP contribution in [-0.2, 0) is 17.6 Å². The molecule has 2 aromatic rings. The molecule has 1 N–H and O–H groups in total. The van der Waals surface area contributed by atoms with Crippen LogP contribution in [0.25, 0.3) is 0 Å². The summed E-state index contributed by atoms with van der Waals surface area (Å²) in [6, 6.07) is 8.68. The van der Waals surface area contributed by atoms with Crippen molar-refractivity contribution in [2.24, 2.45) is 5.92 Å². The average Bonchev–Trinajstić information content (AvgIpc) is 3.03. The number of rotatable bonds is 7. The number of hydrogen-bond acceptors (Lipinski definition) is 4. The van der Waals surface area contributed by atoms with Gasteiger partial charge in [-0.1, -0.05) is 38.1 Å². The number of likely N-dealkylation sites (tertiary alicyclic amines) is 1. The number of amides is 1. The van der Waals surface area contributed by atoms with Crippen molar-refractivity contribution in [3.8, 4) is 0 Å². The van der Waals surface area contributed by atoms with E-state index in [9.17, 15) is 9.90 Å². The van der Waals surface area contributed by atoms with Crippen LogP contribution in [-0.4, -0.2) is 45.1 Å².